The Bertz CT molecular complexity index is 1360. The molecule has 0 aliphatic heterocycles. The number of anilines is 1. The zero-order chi connectivity index (χ0) is 24.2. The van der Waals surface area contributed by atoms with E-state index < -0.39 is 0 Å². The number of hydrogen-bond donors (Lipinski definition) is 1. The van der Waals surface area contributed by atoms with Crippen molar-refractivity contribution in [2.45, 2.75) is 38.4 Å². The number of aryl methyl sites for hydroxylation is 3. The molecule has 0 spiro atoms. The van der Waals surface area contributed by atoms with Gasteiger partial charge in [0.1, 0.15) is 5.82 Å². The highest BCUT2D eigenvalue weighted by Crippen LogP contribution is 2.25. The molecule has 0 fully saturated rings. The number of halogens is 1. The zero-order valence-corrected chi connectivity index (χ0v) is 20.9. The summed E-state index contributed by atoms with van der Waals surface area (Å²) in [5.41, 5.74) is 3.36. The second kappa shape index (κ2) is 10.4. The molecule has 0 saturated heterocycles. The maximum absolute atomic E-state index is 12.9. The largest absolute Gasteiger partial charge is 0.350 e. The monoisotopic (exact) mass is 495 g/mol. The van der Waals surface area contributed by atoms with Crippen LogP contribution in [0.2, 0.25) is 5.02 Å². The first-order valence-corrected chi connectivity index (χ1v) is 12.4. The van der Waals surface area contributed by atoms with E-state index in [1.807, 2.05) is 72.6 Å². The number of carbonyl (C=O) groups is 2. The molecule has 176 valence electrons. The number of fused-ring (bicyclic) bond motifs is 1. The Labute approximate surface area is 207 Å². The third-order valence-corrected chi connectivity index (χ3v) is 7.04. The Morgan fingerprint density at radius 2 is 1.94 bits per heavy atom. The number of aromatic nitrogens is 4. The molecule has 0 unspecified atom stereocenters. The van der Waals surface area contributed by atoms with Crippen molar-refractivity contribution in [2.75, 3.05) is 11.1 Å². The molecule has 0 bridgehead atoms. The molecular formula is C25H26ClN5O2S. The van der Waals surface area contributed by atoms with Crippen LogP contribution < -0.4 is 5.32 Å². The lowest BCUT2D eigenvalue weighted by Gasteiger charge is -2.08. The van der Waals surface area contributed by atoms with E-state index in [0.717, 1.165) is 22.3 Å². The highest BCUT2D eigenvalue weighted by Gasteiger charge is 2.18. The molecule has 0 radical (unpaired) electrons. The molecule has 0 aliphatic carbocycles. The number of nitrogens with zero attached hydrogens (tertiary/aromatic N) is 4. The molecule has 0 saturated carbocycles. The highest BCUT2D eigenvalue weighted by atomic mass is 35.5. The van der Waals surface area contributed by atoms with E-state index in [1.54, 1.807) is 6.07 Å². The number of Topliss-reactive ketones (excluding diaryl/α,β-unsaturated/α-hetero) is 1. The van der Waals surface area contributed by atoms with Crippen LogP contribution in [0.5, 0.6) is 0 Å². The van der Waals surface area contributed by atoms with E-state index in [-0.39, 0.29) is 23.9 Å². The molecule has 9 heteroatoms. The number of nitrogens with one attached hydrogen (secondary N) is 1. The van der Waals surface area contributed by atoms with Crippen LogP contribution in [0.4, 0.5) is 5.69 Å². The topological polar surface area (TPSA) is 81.8 Å². The standard InChI is InChI=1S/C25H26ClN5O2S/c1-4-31-23(11-12-24(33)27-17-10-9-16(2)20(26)13-17)28-29-25(31)34-15-22(32)19-14-30(3)21-8-6-5-7-18(19)21/h5-10,13-14H,4,11-12,15H2,1-3H3,(H,27,33). The first kappa shape index (κ1) is 24.0. The summed E-state index contributed by atoms with van der Waals surface area (Å²) >= 11 is 7.50. The van der Waals surface area contributed by atoms with E-state index in [4.69, 9.17) is 11.6 Å². The van der Waals surface area contributed by atoms with Crippen LogP contribution in [0.25, 0.3) is 10.9 Å². The summed E-state index contributed by atoms with van der Waals surface area (Å²) in [5, 5.41) is 13.7. The lowest BCUT2D eigenvalue weighted by atomic mass is 10.1. The lowest BCUT2D eigenvalue weighted by Crippen LogP contribution is -2.14. The predicted molar refractivity (Wildman–Crippen MR) is 137 cm³/mol. The van der Waals surface area contributed by atoms with Crippen molar-refractivity contribution in [3.8, 4) is 0 Å². The summed E-state index contributed by atoms with van der Waals surface area (Å²) in [6.07, 6.45) is 2.59. The van der Waals surface area contributed by atoms with Crippen molar-refractivity contribution in [1.82, 2.24) is 19.3 Å². The zero-order valence-electron chi connectivity index (χ0n) is 19.3. The van der Waals surface area contributed by atoms with E-state index in [9.17, 15) is 9.59 Å². The number of thioether (sulfide) groups is 1. The number of amides is 1. The molecule has 0 aliphatic rings. The normalized spacial score (nSPS) is 11.2. The fourth-order valence-corrected chi connectivity index (χ4v) is 4.90. The van der Waals surface area contributed by atoms with Gasteiger partial charge in [-0.15, -0.1) is 10.2 Å². The summed E-state index contributed by atoms with van der Waals surface area (Å²) in [6, 6.07) is 13.3. The SMILES string of the molecule is CCn1c(CCC(=O)Nc2ccc(C)c(Cl)c2)nnc1SCC(=O)c1cn(C)c2ccccc12. The second-order valence-corrected chi connectivity index (χ2v) is 9.39. The average Bonchev–Trinajstić information content (AvgIpc) is 3.39. The van der Waals surface area contributed by atoms with Crippen molar-refractivity contribution < 1.29 is 9.59 Å². The van der Waals surface area contributed by atoms with Gasteiger partial charge in [0.05, 0.1) is 5.75 Å². The Balaban J connectivity index is 1.37. The van der Waals surface area contributed by atoms with Gasteiger partial charge < -0.3 is 14.5 Å². The number of benzene rings is 2. The maximum Gasteiger partial charge on any atom is 0.224 e. The Kier molecular flexibility index (Phi) is 7.38. The molecule has 7 nitrogen and oxygen atoms in total. The molecule has 2 aromatic heterocycles. The van der Waals surface area contributed by atoms with E-state index in [0.29, 0.717) is 34.4 Å². The number of rotatable bonds is 9. The fourth-order valence-electron chi connectivity index (χ4n) is 3.82. The maximum atomic E-state index is 12.9. The smallest absolute Gasteiger partial charge is 0.224 e. The third-order valence-electron chi connectivity index (χ3n) is 5.67. The van der Waals surface area contributed by atoms with Crippen LogP contribution in [0, 0.1) is 6.92 Å². The first-order chi connectivity index (χ1) is 16.4. The lowest BCUT2D eigenvalue weighted by molar-refractivity contribution is -0.116. The Morgan fingerprint density at radius 1 is 1.15 bits per heavy atom. The summed E-state index contributed by atoms with van der Waals surface area (Å²) in [5.74, 6) is 0.914. The number of ketones is 1. The molecule has 1 amide bonds. The molecule has 1 N–H and O–H groups in total. The van der Waals surface area contributed by atoms with Crippen LogP contribution in [0.3, 0.4) is 0 Å². The van der Waals surface area contributed by atoms with Crippen molar-refractivity contribution in [2.24, 2.45) is 7.05 Å². The summed E-state index contributed by atoms with van der Waals surface area (Å²) in [6.45, 7) is 4.57. The number of carbonyl (C=O) groups excluding carboxylic acids is 2. The quantitative estimate of drug-likeness (QED) is 0.252. The molecule has 4 aromatic rings. The van der Waals surface area contributed by atoms with Crippen LogP contribution >= 0.6 is 23.4 Å². The molecule has 4 rings (SSSR count). The molecule has 2 heterocycles. The van der Waals surface area contributed by atoms with Crippen molar-refractivity contribution in [1.29, 1.82) is 0 Å². The van der Waals surface area contributed by atoms with E-state index in [2.05, 4.69) is 15.5 Å². The molecular weight excluding hydrogens is 470 g/mol. The number of hydrogen-bond acceptors (Lipinski definition) is 5. The van der Waals surface area contributed by atoms with Gasteiger partial charge in [0, 0.05) is 59.8 Å². The molecule has 0 atom stereocenters. The average molecular weight is 496 g/mol. The van der Waals surface area contributed by atoms with Gasteiger partial charge >= 0.3 is 0 Å². The van der Waals surface area contributed by atoms with Gasteiger partial charge in [0.25, 0.3) is 0 Å². The van der Waals surface area contributed by atoms with Gasteiger partial charge in [0.2, 0.25) is 5.91 Å². The van der Waals surface area contributed by atoms with Gasteiger partial charge in [-0.25, -0.2) is 0 Å². The van der Waals surface area contributed by atoms with Gasteiger partial charge in [-0.3, -0.25) is 9.59 Å². The van der Waals surface area contributed by atoms with Gasteiger partial charge in [-0.05, 0) is 37.6 Å². The van der Waals surface area contributed by atoms with E-state index >= 15 is 0 Å². The van der Waals surface area contributed by atoms with Gasteiger partial charge in [0.15, 0.2) is 10.9 Å². The van der Waals surface area contributed by atoms with Crippen LogP contribution in [-0.2, 0) is 24.8 Å². The highest BCUT2D eigenvalue weighted by molar-refractivity contribution is 7.99. The van der Waals surface area contributed by atoms with Crippen LogP contribution in [-0.4, -0.2) is 36.8 Å². The minimum Gasteiger partial charge on any atom is -0.350 e. The predicted octanol–water partition coefficient (Wildman–Crippen LogP) is 5.30. The third kappa shape index (κ3) is 5.18. The van der Waals surface area contributed by atoms with E-state index in [1.165, 1.54) is 11.8 Å². The summed E-state index contributed by atoms with van der Waals surface area (Å²) in [7, 11) is 1.94. The van der Waals surface area contributed by atoms with Crippen LogP contribution in [0.15, 0.2) is 53.8 Å². The van der Waals surface area contributed by atoms with Crippen molar-refractivity contribution in [3.63, 3.8) is 0 Å². The van der Waals surface area contributed by atoms with Gasteiger partial charge in [-0.2, -0.15) is 0 Å². The van der Waals surface area contributed by atoms with Crippen molar-refractivity contribution >= 4 is 51.6 Å². The summed E-state index contributed by atoms with van der Waals surface area (Å²) in [4.78, 5) is 25.3. The molecule has 2 aromatic carbocycles. The fraction of sp³-hybridized carbons (Fsp3) is 0.280. The minimum atomic E-state index is -0.120. The second-order valence-electron chi connectivity index (χ2n) is 8.04. The first-order valence-electron chi connectivity index (χ1n) is 11.1. The number of para-hydroxylation sites is 1. The summed E-state index contributed by atoms with van der Waals surface area (Å²) < 4.78 is 3.92. The molecule has 34 heavy (non-hydrogen) atoms. The Hall–Kier alpha value is -3.10. The minimum absolute atomic E-state index is 0.0464. The van der Waals surface area contributed by atoms with Crippen LogP contribution in [0.1, 0.15) is 35.1 Å². The van der Waals surface area contributed by atoms with Crippen molar-refractivity contribution in [3.05, 3.63) is 70.6 Å². The Morgan fingerprint density at radius 3 is 2.71 bits per heavy atom. The van der Waals surface area contributed by atoms with Gasteiger partial charge in [-0.1, -0.05) is 47.6 Å².